The zero-order chi connectivity index (χ0) is 22.3. The quantitative estimate of drug-likeness (QED) is 0.571. The van der Waals surface area contributed by atoms with Gasteiger partial charge < -0.3 is 19.9 Å². The van der Waals surface area contributed by atoms with Crippen LogP contribution in [0.5, 0.6) is 0 Å². The number of fused-ring (bicyclic) bond motifs is 1. The van der Waals surface area contributed by atoms with Crippen LogP contribution >= 0.6 is 0 Å². The van der Waals surface area contributed by atoms with Crippen LogP contribution in [0, 0.1) is 0 Å². The smallest absolute Gasteiger partial charge is 0.407 e. The summed E-state index contributed by atoms with van der Waals surface area (Å²) in [6, 6.07) is 8.17. The predicted molar refractivity (Wildman–Crippen MR) is 109 cm³/mol. The van der Waals surface area contributed by atoms with E-state index >= 15 is 0 Å². The van der Waals surface area contributed by atoms with Crippen molar-refractivity contribution in [3.05, 3.63) is 36.0 Å². The summed E-state index contributed by atoms with van der Waals surface area (Å²) >= 11 is 0. The van der Waals surface area contributed by atoms with Crippen molar-refractivity contribution in [1.82, 2.24) is 15.4 Å². The van der Waals surface area contributed by atoms with Crippen molar-refractivity contribution in [2.45, 2.75) is 58.6 Å². The number of imide groups is 1. The van der Waals surface area contributed by atoms with E-state index in [1.807, 2.05) is 52.1 Å². The van der Waals surface area contributed by atoms with Gasteiger partial charge in [0.1, 0.15) is 5.60 Å². The van der Waals surface area contributed by atoms with Gasteiger partial charge >= 0.3 is 12.6 Å². The first-order valence-corrected chi connectivity index (χ1v) is 9.61. The molecule has 0 saturated carbocycles. The molecule has 1 unspecified atom stereocenters. The maximum atomic E-state index is 11.7. The summed E-state index contributed by atoms with van der Waals surface area (Å²) in [7, 11) is 0. The number of carbonyl (C=O) groups is 4. The van der Waals surface area contributed by atoms with Crippen molar-refractivity contribution in [3.63, 3.8) is 0 Å². The number of rotatable bonds is 5. The van der Waals surface area contributed by atoms with Crippen molar-refractivity contribution in [3.8, 4) is 0 Å². The third-order valence-electron chi connectivity index (χ3n) is 4.12. The Morgan fingerprint density at radius 3 is 2.47 bits per heavy atom. The van der Waals surface area contributed by atoms with Gasteiger partial charge in [-0.1, -0.05) is 18.2 Å². The second-order valence-corrected chi connectivity index (χ2v) is 7.89. The summed E-state index contributed by atoms with van der Waals surface area (Å²) < 4.78 is 5.26. The second kappa shape index (κ2) is 9.91. The van der Waals surface area contributed by atoms with E-state index in [-0.39, 0.29) is 31.4 Å². The number of ether oxygens (including phenoxy) is 1. The molecule has 2 heterocycles. The van der Waals surface area contributed by atoms with E-state index in [9.17, 15) is 19.2 Å². The molecule has 1 aromatic heterocycles. The zero-order valence-electron chi connectivity index (χ0n) is 17.6. The van der Waals surface area contributed by atoms with Gasteiger partial charge in [0.2, 0.25) is 0 Å². The molecule has 3 rings (SSSR count). The molecule has 1 aliphatic heterocycles. The molecule has 1 atom stereocenters. The highest BCUT2D eigenvalue weighted by atomic mass is 16.7. The normalized spacial score (nSPS) is 14.7. The van der Waals surface area contributed by atoms with E-state index in [0.29, 0.717) is 5.06 Å². The lowest BCUT2D eigenvalue weighted by Crippen LogP contribution is -2.38. The Morgan fingerprint density at radius 2 is 1.87 bits per heavy atom. The van der Waals surface area contributed by atoms with Crippen molar-refractivity contribution in [1.29, 1.82) is 0 Å². The average Bonchev–Trinajstić information content (AvgIpc) is 3.19. The topological polar surface area (TPSA) is 118 Å². The molecule has 162 valence electrons. The molecule has 0 bridgehead atoms. The number of hydrogen-bond acceptors (Lipinski definition) is 6. The minimum atomic E-state index is -0.468. The van der Waals surface area contributed by atoms with Gasteiger partial charge in [0.25, 0.3) is 11.8 Å². The van der Waals surface area contributed by atoms with Crippen LogP contribution in [0.1, 0.15) is 46.1 Å². The molecule has 1 aliphatic rings. The van der Waals surface area contributed by atoms with E-state index in [2.05, 4.69) is 21.2 Å². The van der Waals surface area contributed by atoms with Crippen molar-refractivity contribution in [2.75, 3.05) is 0 Å². The molecule has 1 aromatic carbocycles. The first-order chi connectivity index (χ1) is 14.1. The van der Waals surface area contributed by atoms with Crippen LogP contribution < -0.4 is 5.32 Å². The van der Waals surface area contributed by atoms with Gasteiger partial charge in [-0.15, -0.1) is 5.06 Å². The first-order valence-electron chi connectivity index (χ1n) is 9.61. The molecule has 2 N–H and O–H groups in total. The number of benzene rings is 1. The Balaban J connectivity index is 0.000000269. The van der Waals surface area contributed by atoms with Crippen LogP contribution in [0.2, 0.25) is 0 Å². The van der Waals surface area contributed by atoms with Gasteiger partial charge in [0, 0.05) is 36.0 Å². The summed E-state index contributed by atoms with van der Waals surface area (Å²) in [5.74, 6) is -0.922. The largest absolute Gasteiger partial charge is 0.444 e. The van der Waals surface area contributed by atoms with Gasteiger partial charge in [-0.05, 0) is 45.7 Å². The Bertz CT molecular complexity index is 899. The van der Waals surface area contributed by atoms with Crippen LogP contribution in [0.25, 0.3) is 10.9 Å². The third-order valence-corrected chi connectivity index (χ3v) is 4.12. The average molecular weight is 417 g/mol. The summed E-state index contributed by atoms with van der Waals surface area (Å²) in [6.45, 7) is 7.61. The van der Waals surface area contributed by atoms with Crippen LogP contribution in [0.15, 0.2) is 30.5 Å². The van der Waals surface area contributed by atoms with Crippen molar-refractivity contribution in [2.24, 2.45) is 0 Å². The molecule has 2 aromatic rings. The molecule has 9 nitrogen and oxygen atoms in total. The molecule has 30 heavy (non-hydrogen) atoms. The minimum absolute atomic E-state index is 0.0176. The summed E-state index contributed by atoms with van der Waals surface area (Å²) in [5.41, 5.74) is 1.85. The maximum absolute atomic E-state index is 11.7. The standard InChI is InChI=1S/C16H22N2O2.C5H5NO4/c1-11(18-15(19)20-16(2,3)4)9-12-10-17-14-8-6-5-7-13(12)14;7-3-10-6-4(8)1-2-5(6)9/h5-8,10-11,17H,9H2,1-4H3,(H,18,19);3H,1-2H2. The molecule has 0 aliphatic carbocycles. The van der Waals surface area contributed by atoms with Crippen molar-refractivity contribution < 1.29 is 28.8 Å². The van der Waals surface area contributed by atoms with Gasteiger partial charge in [-0.2, -0.15) is 0 Å². The van der Waals surface area contributed by atoms with E-state index < -0.39 is 17.4 Å². The highest BCUT2D eigenvalue weighted by Gasteiger charge is 2.30. The number of para-hydroxylation sites is 1. The number of aromatic amines is 1. The fraction of sp³-hybridized carbons (Fsp3) is 0.429. The molecule has 1 saturated heterocycles. The fourth-order valence-electron chi connectivity index (χ4n) is 2.91. The Morgan fingerprint density at radius 1 is 1.23 bits per heavy atom. The van der Waals surface area contributed by atoms with Crippen LogP contribution in [-0.4, -0.2) is 46.1 Å². The molecule has 3 amide bonds. The first kappa shape index (κ1) is 22.9. The molecule has 9 heteroatoms. The number of carbonyl (C=O) groups excluding carboxylic acids is 4. The number of aromatic nitrogens is 1. The number of H-pyrrole nitrogens is 1. The summed E-state index contributed by atoms with van der Waals surface area (Å²) in [6.07, 6.45) is 2.66. The van der Waals surface area contributed by atoms with Crippen molar-refractivity contribution >= 4 is 35.3 Å². The highest BCUT2D eigenvalue weighted by molar-refractivity contribution is 6.01. The summed E-state index contributed by atoms with van der Waals surface area (Å²) in [4.78, 5) is 49.9. The highest BCUT2D eigenvalue weighted by Crippen LogP contribution is 2.19. The lowest BCUT2D eigenvalue weighted by atomic mass is 10.1. The number of nitrogens with zero attached hydrogens (tertiary/aromatic N) is 1. The second-order valence-electron chi connectivity index (χ2n) is 7.89. The molecule has 0 radical (unpaired) electrons. The van der Waals surface area contributed by atoms with Gasteiger partial charge in [0.15, 0.2) is 0 Å². The van der Waals surface area contributed by atoms with Gasteiger partial charge in [-0.25, -0.2) is 4.79 Å². The Labute approximate surface area is 174 Å². The number of hydrogen-bond donors (Lipinski definition) is 2. The monoisotopic (exact) mass is 417 g/mol. The Kier molecular flexibility index (Phi) is 7.57. The third kappa shape index (κ3) is 6.61. The SMILES string of the molecule is CC(Cc1c[nH]c2ccccc12)NC(=O)OC(C)(C)C.O=CON1C(=O)CCC1=O. The zero-order valence-corrected chi connectivity index (χ0v) is 17.6. The molecular formula is C21H27N3O6. The lowest BCUT2D eigenvalue weighted by molar-refractivity contribution is -0.188. The summed E-state index contributed by atoms with van der Waals surface area (Å²) in [5, 5.41) is 4.54. The number of alkyl carbamates (subject to hydrolysis) is 1. The molecular weight excluding hydrogens is 390 g/mol. The number of nitrogens with one attached hydrogen (secondary N) is 2. The number of hydroxylamine groups is 2. The van der Waals surface area contributed by atoms with Crippen LogP contribution in [0.3, 0.4) is 0 Å². The van der Waals surface area contributed by atoms with Gasteiger partial charge in [0.05, 0.1) is 0 Å². The van der Waals surface area contributed by atoms with Crippen LogP contribution in [0.4, 0.5) is 4.79 Å². The van der Waals surface area contributed by atoms with Gasteiger partial charge in [-0.3, -0.25) is 14.4 Å². The van der Waals surface area contributed by atoms with Crippen LogP contribution in [-0.2, 0) is 30.4 Å². The van der Waals surface area contributed by atoms with E-state index in [1.54, 1.807) is 0 Å². The maximum Gasteiger partial charge on any atom is 0.407 e. The van der Waals surface area contributed by atoms with E-state index in [4.69, 9.17) is 4.74 Å². The lowest BCUT2D eigenvalue weighted by Gasteiger charge is -2.21. The fourth-order valence-corrected chi connectivity index (χ4v) is 2.91. The predicted octanol–water partition coefficient (Wildman–Crippen LogP) is 2.85. The number of amides is 3. The van der Waals surface area contributed by atoms with E-state index in [1.165, 1.54) is 10.9 Å². The van der Waals surface area contributed by atoms with E-state index in [0.717, 1.165) is 11.9 Å². The Hall–Kier alpha value is -3.36. The molecule has 1 fully saturated rings. The molecule has 0 spiro atoms. The minimum Gasteiger partial charge on any atom is -0.444 e.